The van der Waals surface area contributed by atoms with Gasteiger partial charge >= 0.3 is 0 Å². The van der Waals surface area contributed by atoms with Crippen LogP contribution in [0.2, 0.25) is 0 Å². The lowest BCUT2D eigenvalue weighted by molar-refractivity contribution is 0.0181. The maximum absolute atomic E-state index is 11.8. The Morgan fingerprint density at radius 1 is 1.25 bits per heavy atom. The smallest absolute Gasteiger partial charge is 0.261 e. The first-order chi connectivity index (χ1) is 7.68. The van der Waals surface area contributed by atoms with Gasteiger partial charge in [-0.15, -0.1) is 0 Å². The molecule has 1 aliphatic carbocycles. The first-order valence-electron chi connectivity index (χ1n) is 6.27. The first-order valence-corrected chi connectivity index (χ1v) is 6.27. The molecule has 0 aromatic carbocycles. The summed E-state index contributed by atoms with van der Waals surface area (Å²) < 4.78 is 28.4. The second-order valence-electron chi connectivity index (χ2n) is 4.73. The Hall–Kier alpha value is -0.220. The van der Waals surface area contributed by atoms with E-state index >= 15 is 0 Å². The summed E-state index contributed by atoms with van der Waals surface area (Å²) >= 11 is 0. The van der Waals surface area contributed by atoms with E-state index in [-0.39, 0.29) is 0 Å². The lowest BCUT2D eigenvalue weighted by Gasteiger charge is -2.16. The maximum atomic E-state index is 11.8. The summed E-state index contributed by atoms with van der Waals surface area (Å²) in [5.41, 5.74) is 0. The van der Waals surface area contributed by atoms with Crippen molar-refractivity contribution in [1.82, 2.24) is 5.32 Å². The van der Waals surface area contributed by atoms with Crippen LogP contribution in [0.15, 0.2) is 0 Å². The highest BCUT2D eigenvalue weighted by atomic mass is 19.3. The van der Waals surface area contributed by atoms with Crippen LogP contribution in [-0.2, 0) is 4.74 Å². The minimum atomic E-state index is -2.35. The van der Waals surface area contributed by atoms with Crippen LogP contribution in [0.1, 0.15) is 39.0 Å². The maximum Gasteiger partial charge on any atom is 0.261 e. The molecule has 1 rings (SSSR count). The van der Waals surface area contributed by atoms with Gasteiger partial charge in [0.2, 0.25) is 0 Å². The summed E-state index contributed by atoms with van der Waals surface area (Å²) in [4.78, 5) is 0. The van der Waals surface area contributed by atoms with Gasteiger partial charge in [-0.2, -0.15) is 0 Å². The average Bonchev–Trinajstić information content (AvgIpc) is 2.43. The van der Waals surface area contributed by atoms with Crippen molar-refractivity contribution in [1.29, 1.82) is 0 Å². The van der Waals surface area contributed by atoms with Gasteiger partial charge < -0.3 is 10.1 Å². The molecule has 1 N–H and O–H groups in total. The zero-order valence-electron chi connectivity index (χ0n) is 10.1. The van der Waals surface area contributed by atoms with E-state index in [0.717, 1.165) is 5.92 Å². The van der Waals surface area contributed by atoms with Gasteiger partial charge in [-0.3, -0.25) is 0 Å². The molecule has 1 fully saturated rings. The predicted octanol–water partition coefficient (Wildman–Crippen LogP) is 2.83. The standard InChI is InChI=1S/C12H23F2NO/c1-10-3-2-4-11(6-5-10)15-7-8-16-9-12(13)14/h10-12,15H,2-9H2,1H3. The molecular weight excluding hydrogens is 212 g/mol. The number of alkyl halides is 2. The van der Waals surface area contributed by atoms with Crippen molar-refractivity contribution in [2.45, 2.75) is 51.5 Å². The molecule has 0 amide bonds. The highest BCUT2D eigenvalue weighted by Crippen LogP contribution is 2.22. The zero-order chi connectivity index (χ0) is 11.8. The van der Waals surface area contributed by atoms with Gasteiger partial charge in [0.1, 0.15) is 6.61 Å². The zero-order valence-corrected chi connectivity index (χ0v) is 10.1. The molecule has 0 bridgehead atoms. The molecule has 2 atom stereocenters. The van der Waals surface area contributed by atoms with E-state index in [1.807, 2.05) is 0 Å². The largest absolute Gasteiger partial charge is 0.374 e. The monoisotopic (exact) mass is 235 g/mol. The first kappa shape index (κ1) is 13.8. The lowest BCUT2D eigenvalue weighted by atomic mass is 10.0. The Morgan fingerprint density at radius 2 is 2.06 bits per heavy atom. The van der Waals surface area contributed by atoms with Crippen molar-refractivity contribution >= 4 is 0 Å². The normalized spacial score (nSPS) is 27.0. The van der Waals surface area contributed by atoms with E-state index in [4.69, 9.17) is 4.74 Å². The molecule has 1 aliphatic rings. The fraction of sp³-hybridized carbons (Fsp3) is 1.00. The molecule has 16 heavy (non-hydrogen) atoms. The molecule has 96 valence electrons. The minimum absolute atomic E-state index is 0.385. The van der Waals surface area contributed by atoms with Crippen molar-refractivity contribution in [3.63, 3.8) is 0 Å². The van der Waals surface area contributed by atoms with Gasteiger partial charge in [-0.05, 0) is 25.2 Å². The molecule has 0 aromatic rings. The van der Waals surface area contributed by atoms with Crippen molar-refractivity contribution in [3.05, 3.63) is 0 Å². The Bertz CT molecular complexity index is 178. The SMILES string of the molecule is CC1CCCC(NCCOCC(F)F)CC1. The van der Waals surface area contributed by atoms with Crippen LogP contribution in [0, 0.1) is 5.92 Å². The van der Waals surface area contributed by atoms with E-state index in [1.165, 1.54) is 32.1 Å². The topological polar surface area (TPSA) is 21.3 Å². The van der Waals surface area contributed by atoms with Crippen molar-refractivity contribution in [2.75, 3.05) is 19.8 Å². The van der Waals surface area contributed by atoms with Crippen LogP contribution in [0.4, 0.5) is 8.78 Å². The Balaban J connectivity index is 1.99. The molecule has 2 unspecified atom stereocenters. The van der Waals surface area contributed by atoms with Crippen LogP contribution >= 0.6 is 0 Å². The van der Waals surface area contributed by atoms with E-state index in [9.17, 15) is 8.78 Å². The van der Waals surface area contributed by atoms with E-state index in [0.29, 0.717) is 19.2 Å². The van der Waals surface area contributed by atoms with Crippen molar-refractivity contribution in [3.8, 4) is 0 Å². The average molecular weight is 235 g/mol. The molecule has 0 radical (unpaired) electrons. The highest BCUT2D eigenvalue weighted by molar-refractivity contribution is 4.73. The van der Waals surface area contributed by atoms with Crippen LogP contribution in [0.25, 0.3) is 0 Å². The molecule has 0 saturated heterocycles. The van der Waals surface area contributed by atoms with Gasteiger partial charge in [0.05, 0.1) is 6.61 Å². The second-order valence-corrected chi connectivity index (χ2v) is 4.73. The van der Waals surface area contributed by atoms with Crippen LogP contribution in [0.5, 0.6) is 0 Å². The van der Waals surface area contributed by atoms with Gasteiger partial charge in [-0.1, -0.05) is 19.8 Å². The summed E-state index contributed by atoms with van der Waals surface area (Å²) in [6.07, 6.45) is 3.93. The van der Waals surface area contributed by atoms with Crippen LogP contribution < -0.4 is 5.32 Å². The van der Waals surface area contributed by atoms with Crippen LogP contribution in [-0.4, -0.2) is 32.2 Å². The third-order valence-electron chi connectivity index (χ3n) is 3.18. The number of halogens is 2. The van der Waals surface area contributed by atoms with E-state index in [1.54, 1.807) is 0 Å². The Kier molecular flexibility index (Phi) is 6.88. The molecule has 0 aliphatic heterocycles. The number of hydrogen-bond acceptors (Lipinski definition) is 2. The fourth-order valence-electron chi connectivity index (χ4n) is 2.20. The van der Waals surface area contributed by atoms with E-state index < -0.39 is 13.0 Å². The molecule has 0 heterocycles. The summed E-state index contributed by atoms with van der Waals surface area (Å²) in [5, 5.41) is 3.39. The number of nitrogens with one attached hydrogen (secondary N) is 1. The summed E-state index contributed by atoms with van der Waals surface area (Å²) in [5.74, 6) is 0.835. The quantitative estimate of drug-likeness (QED) is 0.564. The van der Waals surface area contributed by atoms with E-state index in [2.05, 4.69) is 12.2 Å². The van der Waals surface area contributed by atoms with Crippen LogP contribution in [0.3, 0.4) is 0 Å². The van der Waals surface area contributed by atoms with Gasteiger partial charge in [0.15, 0.2) is 0 Å². The summed E-state index contributed by atoms with van der Waals surface area (Å²) in [6.45, 7) is 2.93. The molecule has 0 spiro atoms. The molecule has 2 nitrogen and oxygen atoms in total. The molecule has 1 saturated carbocycles. The van der Waals surface area contributed by atoms with Crippen molar-refractivity contribution in [2.24, 2.45) is 5.92 Å². The van der Waals surface area contributed by atoms with Gasteiger partial charge in [-0.25, -0.2) is 8.78 Å². The third-order valence-corrected chi connectivity index (χ3v) is 3.18. The van der Waals surface area contributed by atoms with Crippen molar-refractivity contribution < 1.29 is 13.5 Å². The molecular formula is C12H23F2NO. The van der Waals surface area contributed by atoms with Gasteiger partial charge in [0, 0.05) is 12.6 Å². The number of hydrogen-bond donors (Lipinski definition) is 1. The molecule has 0 aromatic heterocycles. The summed E-state index contributed by atoms with van der Waals surface area (Å²) in [7, 11) is 0. The van der Waals surface area contributed by atoms with Gasteiger partial charge in [0.25, 0.3) is 6.43 Å². The lowest BCUT2D eigenvalue weighted by Crippen LogP contribution is -2.31. The molecule has 4 heteroatoms. The number of rotatable bonds is 6. The Morgan fingerprint density at radius 3 is 2.81 bits per heavy atom. The fourth-order valence-corrected chi connectivity index (χ4v) is 2.20. The number of ether oxygens (including phenoxy) is 1. The highest BCUT2D eigenvalue weighted by Gasteiger charge is 2.15. The second kappa shape index (κ2) is 7.96. The third kappa shape index (κ3) is 6.38. The minimum Gasteiger partial charge on any atom is -0.374 e. The predicted molar refractivity (Wildman–Crippen MR) is 60.9 cm³/mol. The summed E-state index contributed by atoms with van der Waals surface area (Å²) in [6, 6.07) is 0.556. The Labute approximate surface area is 96.7 Å².